The van der Waals surface area contributed by atoms with Gasteiger partial charge >= 0.3 is 12.1 Å². The van der Waals surface area contributed by atoms with Crippen molar-refractivity contribution < 1.29 is 31.5 Å². The number of fused-ring (bicyclic) bond motifs is 1. The molecule has 3 atom stereocenters. The van der Waals surface area contributed by atoms with Crippen LogP contribution >= 0.6 is 0 Å². The van der Waals surface area contributed by atoms with Gasteiger partial charge in [-0.2, -0.15) is 30.6 Å². The van der Waals surface area contributed by atoms with Crippen LogP contribution in [0, 0.1) is 23.7 Å². The predicted molar refractivity (Wildman–Crippen MR) is 115 cm³/mol. The minimum absolute atomic E-state index is 0.0528. The number of carboxylic acids is 1. The van der Waals surface area contributed by atoms with Crippen LogP contribution in [0.25, 0.3) is 0 Å². The molecule has 1 heterocycles. The Bertz CT molecular complexity index is 1090. The maximum absolute atomic E-state index is 13.0. The van der Waals surface area contributed by atoms with Crippen molar-refractivity contribution >= 4 is 16.2 Å². The molecule has 6 nitrogen and oxygen atoms in total. The highest BCUT2D eigenvalue weighted by Gasteiger charge is 2.60. The van der Waals surface area contributed by atoms with Gasteiger partial charge in [0.05, 0.1) is 5.54 Å². The van der Waals surface area contributed by atoms with Crippen LogP contribution in [0.5, 0.6) is 0 Å². The van der Waals surface area contributed by atoms with Gasteiger partial charge in [0.25, 0.3) is 10.2 Å². The molecular formula is C23H27F3N2O4S. The third kappa shape index (κ3) is 5.20. The lowest BCUT2D eigenvalue weighted by atomic mass is 9.79. The summed E-state index contributed by atoms with van der Waals surface area (Å²) >= 11 is 0. The summed E-state index contributed by atoms with van der Waals surface area (Å²) in [6, 6.07) is 5.92. The molecular weight excluding hydrogens is 457 g/mol. The first kappa shape index (κ1) is 24.0. The Hall–Kier alpha value is -2.09. The Morgan fingerprint density at radius 1 is 1.18 bits per heavy atom. The van der Waals surface area contributed by atoms with E-state index in [0.717, 1.165) is 29.5 Å². The average Bonchev–Trinajstić information content (AvgIpc) is 3.08. The van der Waals surface area contributed by atoms with Crippen molar-refractivity contribution in [3.63, 3.8) is 0 Å². The highest BCUT2D eigenvalue weighted by atomic mass is 32.2. The van der Waals surface area contributed by atoms with E-state index < -0.39 is 34.4 Å². The van der Waals surface area contributed by atoms with Gasteiger partial charge in [0.1, 0.15) is 6.54 Å². The number of benzene rings is 1. The Kier molecular flexibility index (Phi) is 6.51. The molecule has 0 amide bonds. The molecule has 2 N–H and O–H groups in total. The Morgan fingerprint density at radius 2 is 1.88 bits per heavy atom. The summed E-state index contributed by atoms with van der Waals surface area (Å²) in [4.78, 5) is 10.6. The number of nitrogens with one attached hydrogen (secondary N) is 1. The fourth-order valence-electron chi connectivity index (χ4n) is 5.58. The molecule has 180 valence electrons. The molecule has 1 saturated heterocycles. The molecule has 0 unspecified atom stereocenters. The van der Waals surface area contributed by atoms with E-state index in [0.29, 0.717) is 36.4 Å². The van der Waals surface area contributed by atoms with E-state index in [4.69, 9.17) is 5.11 Å². The van der Waals surface area contributed by atoms with Crippen LogP contribution in [0.3, 0.4) is 0 Å². The molecule has 1 saturated carbocycles. The Labute approximate surface area is 191 Å². The van der Waals surface area contributed by atoms with Crippen LogP contribution in [0.1, 0.15) is 55.2 Å². The zero-order chi connectivity index (χ0) is 23.9. The summed E-state index contributed by atoms with van der Waals surface area (Å²) in [6.07, 6.45) is 0.222. The third-order valence-electron chi connectivity index (χ3n) is 7.09. The summed E-state index contributed by atoms with van der Waals surface area (Å²) in [5.41, 5.74) is 2.14. The molecule has 2 fully saturated rings. The number of unbranched alkanes of at least 4 members (excludes halogenated alkanes) is 2. The second kappa shape index (κ2) is 8.93. The Morgan fingerprint density at radius 3 is 2.55 bits per heavy atom. The highest BCUT2D eigenvalue weighted by Crippen LogP contribution is 2.50. The number of rotatable bonds is 5. The summed E-state index contributed by atoms with van der Waals surface area (Å²) in [5, 5.41) is 8.67. The van der Waals surface area contributed by atoms with Gasteiger partial charge in [-0.3, -0.25) is 4.79 Å². The number of hydrogen-bond donors (Lipinski definition) is 2. The van der Waals surface area contributed by atoms with E-state index in [1.807, 2.05) is 18.2 Å². The standard InChI is InChI=1S/C23H27F3N2O4S/c24-23(25,26)15-28-14-22(27-33(28,31)32)19-9-10-20(22)13-18-11-16(7-8-17(18)12-19)5-3-1-2-4-6-21(29)30/h7-8,11,19-20,27H,1-2,4,6,9-10,12-15H2,(H,29,30)/t19-,20+,22-/m1/s1. The number of halogens is 3. The fourth-order valence-corrected chi connectivity index (χ4v) is 7.28. The van der Waals surface area contributed by atoms with E-state index >= 15 is 0 Å². The normalized spacial score (nSPS) is 28.2. The minimum Gasteiger partial charge on any atom is -0.481 e. The molecule has 10 heteroatoms. The number of aliphatic carboxylic acids is 1. The topological polar surface area (TPSA) is 86.7 Å². The van der Waals surface area contributed by atoms with Crippen LogP contribution in [0.2, 0.25) is 0 Å². The van der Waals surface area contributed by atoms with Gasteiger partial charge in [0.15, 0.2) is 0 Å². The maximum atomic E-state index is 13.0. The van der Waals surface area contributed by atoms with E-state index in [1.54, 1.807) is 0 Å². The third-order valence-corrected chi connectivity index (χ3v) is 8.66. The number of alkyl halides is 3. The van der Waals surface area contributed by atoms with Gasteiger partial charge in [-0.1, -0.05) is 17.9 Å². The summed E-state index contributed by atoms with van der Waals surface area (Å²) in [6.45, 7) is -1.62. The number of nitrogens with zero attached hydrogens (tertiary/aromatic N) is 1. The molecule has 1 aliphatic heterocycles. The van der Waals surface area contributed by atoms with E-state index in [2.05, 4.69) is 16.6 Å². The molecule has 1 aromatic rings. The van der Waals surface area contributed by atoms with E-state index in [9.17, 15) is 26.4 Å². The summed E-state index contributed by atoms with van der Waals surface area (Å²) < 4.78 is 67.3. The molecule has 0 radical (unpaired) electrons. The molecule has 1 aromatic carbocycles. The van der Waals surface area contributed by atoms with Gasteiger partial charge in [0.2, 0.25) is 0 Å². The van der Waals surface area contributed by atoms with Crippen LogP contribution in [-0.4, -0.2) is 48.6 Å². The molecule has 3 aliphatic rings. The van der Waals surface area contributed by atoms with Crippen molar-refractivity contribution in [2.75, 3.05) is 13.1 Å². The quantitative estimate of drug-likeness (QED) is 0.496. The minimum atomic E-state index is -4.59. The first-order chi connectivity index (χ1) is 15.5. The van der Waals surface area contributed by atoms with Crippen LogP contribution in [0.4, 0.5) is 13.2 Å². The maximum Gasteiger partial charge on any atom is 0.402 e. The highest BCUT2D eigenvalue weighted by molar-refractivity contribution is 7.87. The molecule has 2 aliphatic carbocycles. The first-order valence-electron chi connectivity index (χ1n) is 11.2. The largest absolute Gasteiger partial charge is 0.481 e. The number of hydrogen-bond acceptors (Lipinski definition) is 3. The lowest BCUT2D eigenvalue weighted by Gasteiger charge is -2.33. The molecule has 4 rings (SSSR count). The second-order valence-corrected chi connectivity index (χ2v) is 11.0. The summed E-state index contributed by atoms with van der Waals surface area (Å²) in [5.74, 6) is 5.24. The molecule has 0 aromatic heterocycles. The van der Waals surface area contributed by atoms with Crippen LogP contribution in [0.15, 0.2) is 18.2 Å². The molecule has 33 heavy (non-hydrogen) atoms. The van der Waals surface area contributed by atoms with E-state index in [-0.39, 0.29) is 24.8 Å². The van der Waals surface area contributed by atoms with E-state index in [1.165, 1.54) is 0 Å². The van der Waals surface area contributed by atoms with Crippen molar-refractivity contribution in [3.05, 3.63) is 34.9 Å². The zero-order valence-electron chi connectivity index (χ0n) is 18.1. The van der Waals surface area contributed by atoms with Gasteiger partial charge in [-0.25, -0.2) is 0 Å². The van der Waals surface area contributed by atoms with Gasteiger partial charge < -0.3 is 5.11 Å². The van der Waals surface area contributed by atoms with Gasteiger partial charge in [0, 0.05) is 24.9 Å². The Balaban J connectivity index is 1.50. The fraction of sp³-hybridized carbons (Fsp3) is 0.609. The van der Waals surface area contributed by atoms with Crippen molar-refractivity contribution in [3.8, 4) is 11.8 Å². The number of carbonyl (C=O) groups is 1. The molecule has 2 bridgehead atoms. The number of carboxylic acid groups (broad SMARTS) is 1. The first-order valence-corrected chi connectivity index (χ1v) is 12.6. The lowest BCUT2D eigenvalue weighted by Crippen LogP contribution is -2.52. The second-order valence-electron chi connectivity index (χ2n) is 9.30. The van der Waals surface area contributed by atoms with Gasteiger partial charge in [-0.15, -0.1) is 0 Å². The zero-order valence-corrected chi connectivity index (χ0v) is 18.9. The van der Waals surface area contributed by atoms with Crippen molar-refractivity contribution in [1.82, 2.24) is 9.03 Å². The van der Waals surface area contributed by atoms with Crippen LogP contribution in [-0.2, 0) is 27.8 Å². The SMILES string of the molecule is O=C(O)CCCCC#Cc1ccc2c(c1)C[C@@H]1CC[C@H](C2)[C@]12CN(CC(F)(F)F)S(=O)(=O)N2. The molecule has 1 spiro atoms. The monoisotopic (exact) mass is 484 g/mol. The van der Waals surface area contributed by atoms with Crippen molar-refractivity contribution in [2.45, 2.75) is 63.1 Å². The summed E-state index contributed by atoms with van der Waals surface area (Å²) in [7, 11) is -4.19. The lowest BCUT2D eigenvalue weighted by molar-refractivity contribution is -0.137. The smallest absolute Gasteiger partial charge is 0.402 e. The predicted octanol–water partition coefficient (Wildman–Crippen LogP) is 3.26. The van der Waals surface area contributed by atoms with Crippen molar-refractivity contribution in [2.24, 2.45) is 11.8 Å². The average molecular weight is 485 g/mol. The van der Waals surface area contributed by atoms with Gasteiger partial charge in [-0.05, 0) is 73.6 Å². The van der Waals surface area contributed by atoms with Crippen molar-refractivity contribution in [1.29, 1.82) is 0 Å². The van der Waals surface area contributed by atoms with Crippen LogP contribution < -0.4 is 4.72 Å².